The van der Waals surface area contributed by atoms with E-state index in [9.17, 15) is 0 Å². The van der Waals surface area contributed by atoms with Crippen molar-refractivity contribution in [2.45, 2.75) is 67.2 Å². The Bertz CT molecular complexity index is 932. The molecule has 0 aliphatic rings. The molecule has 3 rings (SSSR count). The first-order valence-electron chi connectivity index (χ1n) is 10.0. The summed E-state index contributed by atoms with van der Waals surface area (Å²) in [5.41, 5.74) is 6.52. The van der Waals surface area contributed by atoms with Gasteiger partial charge in [0.25, 0.3) is 0 Å². The van der Waals surface area contributed by atoms with E-state index in [0.29, 0.717) is 5.92 Å². The van der Waals surface area contributed by atoms with E-state index >= 15 is 0 Å². The average Bonchev–Trinajstić information content (AvgIpc) is 3.16. The Kier molecular flexibility index (Phi) is 5.84. The van der Waals surface area contributed by atoms with Crippen molar-refractivity contribution in [2.75, 3.05) is 18.0 Å². The van der Waals surface area contributed by atoms with E-state index in [1.807, 2.05) is 0 Å². The maximum absolute atomic E-state index is 4.95. The van der Waals surface area contributed by atoms with Gasteiger partial charge in [-0.25, -0.2) is 14.5 Å². The third-order valence-corrected chi connectivity index (χ3v) is 6.59. The Morgan fingerprint density at radius 1 is 1.00 bits per heavy atom. The predicted molar refractivity (Wildman–Crippen MR) is 115 cm³/mol. The maximum atomic E-state index is 4.95. The van der Waals surface area contributed by atoms with Crippen LogP contribution in [0.5, 0.6) is 0 Å². The molecule has 0 fully saturated rings. The second kappa shape index (κ2) is 7.97. The van der Waals surface area contributed by atoms with Gasteiger partial charge in [0.05, 0.1) is 22.0 Å². The van der Waals surface area contributed by atoms with Crippen LogP contribution in [0.1, 0.15) is 69.1 Å². The van der Waals surface area contributed by atoms with Crippen molar-refractivity contribution in [3.8, 4) is 10.6 Å². The summed E-state index contributed by atoms with van der Waals surface area (Å²) in [4.78, 5) is 13.3. The SMILES string of the molecule is CCC(CC)c1cc(C)nn2c(-c3sc(N(CC)CC)nc3C)c(C)nc12. The van der Waals surface area contributed by atoms with E-state index in [1.54, 1.807) is 11.3 Å². The molecule has 0 bridgehead atoms. The van der Waals surface area contributed by atoms with Crippen LogP contribution >= 0.6 is 11.3 Å². The lowest BCUT2D eigenvalue weighted by Crippen LogP contribution is -2.21. The minimum atomic E-state index is 0.512. The summed E-state index contributed by atoms with van der Waals surface area (Å²) in [7, 11) is 0. The van der Waals surface area contributed by atoms with Crippen LogP contribution in [0.15, 0.2) is 6.07 Å². The first kappa shape index (κ1) is 19.8. The number of aromatic nitrogens is 4. The summed E-state index contributed by atoms with van der Waals surface area (Å²) < 4.78 is 2.06. The normalized spacial score (nSPS) is 11.7. The van der Waals surface area contributed by atoms with Gasteiger partial charge in [-0.1, -0.05) is 25.2 Å². The van der Waals surface area contributed by atoms with Gasteiger partial charge in [-0.3, -0.25) is 0 Å². The fraction of sp³-hybridized carbons (Fsp3) is 0.571. The molecular formula is C21H31N5S. The molecule has 3 aromatic heterocycles. The highest BCUT2D eigenvalue weighted by atomic mass is 32.1. The van der Waals surface area contributed by atoms with Crippen molar-refractivity contribution in [3.63, 3.8) is 0 Å². The van der Waals surface area contributed by atoms with Crippen molar-refractivity contribution in [1.29, 1.82) is 0 Å². The molecule has 0 amide bonds. The highest BCUT2D eigenvalue weighted by Crippen LogP contribution is 2.38. The van der Waals surface area contributed by atoms with Crippen molar-refractivity contribution in [3.05, 3.63) is 28.7 Å². The second-order valence-corrected chi connectivity index (χ2v) is 8.10. The Morgan fingerprint density at radius 2 is 1.67 bits per heavy atom. The number of aryl methyl sites for hydroxylation is 3. The van der Waals surface area contributed by atoms with E-state index < -0.39 is 0 Å². The van der Waals surface area contributed by atoms with Crippen LogP contribution in [-0.2, 0) is 0 Å². The number of fused-ring (bicyclic) bond motifs is 1. The molecule has 0 aliphatic heterocycles. The number of hydrogen-bond donors (Lipinski definition) is 0. The van der Waals surface area contributed by atoms with Crippen molar-refractivity contribution in [2.24, 2.45) is 0 Å². The molecule has 3 heterocycles. The molecule has 0 N–H and O–H groups in total. The number of hydrogen-bond acceptors (Lipinski definition) is 5. The van der Waals surface area contributed by atoms with Crippen LogP contribution in [-0.4, -0.2) is 32.7 Å². The quantitative estimate of drug-likeness (QED) is 0.536. The highest BCUT2D eigenvalue weighted by Gasteiger charge is 2.23. The fourth-order valence-electron chi connectivity index (χ4n) is 3.80. The lowest BCUT2D eigenvalue weighted by Gasteiger charge is -2.16. The van der Waals surface area contributed by atoms with Crippen LogP contribution < -0.4 is 4.90 Å². The predicted octanol–water partition coefficient (Wildman–Crippen LogP) is 5.53. The van der Waals surface area contributed by atoms with Gasteiger partial charge in [0, 0.05) is 18.7 Å². The largest absolute Gasteiger partial charge is 0.349 e. The topological polar surface area (TPSA) is 46.3 Å². The monoisotopic (exact) mass is 385 g/mol. The van der Waals surface area contributed by atoms with Gasteiger partial charge in [0.15, 0.2) is 10.8 Å². The molecule has 5 nitrogen and oxygen atoms in total. The molecule has 0 unspecified atom stereocenters. The molecule has 0 saturated carbocycles. The molecular weight excluding hydrogens is 354 g/mol. The molecule has 27 heavy (non-hydrogen) atoms. The molecule has 0 saturated heterocycles. The number of imidazole rings is 1. The van der Waals surface area contributed by atoms with Gasteiger partial charge in [-0.15, -0.1) is 0 Å². The summed E-state index contributed by atoms with van der Waals surface area (Å²) in [5, 5.41) is 5.92. The summed E-state index contributed by atoms with van der Waals surface area (Å²) in [6.45, 7) is 17.0. The van der Waals surface area contributed by atoms with Crippen molar-refractivity contribution in [1.82, 2.24) is 19.6 Å². The standard InChI is InChI=1S/C21H31N5S/c1-8-16(9-2)17-12-13(5)24-26-18(14(6)22-20(17)26)19-15(7)23-21(27-19)25(10-3)11-4/h12,16H,8-11H2,1-7H3. The third kappa shape index (κ3) is 3.47. The molecule has 0 radical (unpaired) electrons. The van der Waals surface area contributed by atoms with Crippen molar-refractivity contribution >= 4 is 22.1 Å². The Hall–Kier alpha value is -1.95. The lowest BCUT2D eigenvalue weighted by molar-refractivity contribution is 0.638. The van der Waals surface area contributed by atoms with Crippen LogP contribution in [0.2, 0.25) is 0 Å². The first-order chi connectivity index (χ1) is 12.9. The van der Waals surface area contributed by atoms with Gasteiger partial charge in [0.2, 0.25) is 0 Å². The fourth-order valence-corrected chi connectivity index (χ4v) is 5.08. The third-order valence-electron chi connectivity index (χ3n) is 5.37. The van der Waals surface area contributed by atoms with E-state index in [-0.39, 0.29) is 0 Å². The van der Waals surface area contributed by atoms with Crippen LogP contribution in [0.25, 0.3) is 16.2 Å². The smallest absolute Gasteiger partial charge is 0.186 e. The lowest BCUT2D eigenvalue weighted by atomic mass is 9.95. The number of thiazole rings is 1. The van der Waals surface area contributed by atoms with E-state index in [0.717, 1.165) is 59.5 Å². The van der Waals surface area contributed by atoms with Crippen LogP contribution in [0, 0.1) is 20.8 Å². The number of nitrogens with zero attached hydrogens (tertiary/aromatic N) is 5. The molecule has 0 aromatic carbocycles. The number of anilines is 1. The molecule has 0 atom stereocenters. The van der Waals surface area contributed by atoms with Crippen LogP contribution in [0.3, 0.4) is 0 Å². The Labute approximate surface area is 166 Å². The highest BCUT2D eigenvalue weighted by molar-refractivity contribution is 7.19. The molecule has 3 aromatic rings. The van der Waals surface area contributed by atoms with Gasteiger partial charge in [-0.05, 0) is 59.4 Å². The van der Waals surface area contributed by atoms with Gasteiger partial charge >= 0.3 is 0 Å². The zero-order valence-corrected chi connectivity index (χ0v) is 18.4. The van der Waals surface area contributed by atoms with Gasteiger partial charge in [-0.2, -0.15) is 5.10 Å². The van der Waals surface area contributed by atoms with Crippen LogP contribution in [0.4, 0.5) is 5.13 Å². The zero-order chi connectivity index (χ0) is 19.7. The summed E-state index contributed by atoms with van der Waals surface area (Å²) in [5.74, 6) is 0.512. The van der Waals surface area contributed by atoms with E-state index in [1.165, 1.54) is 10.4 Å². The summed E-state index contributed by atoms with van der Waals surface area (Å²) in [6, 6.07) is 2.21. The average molecular weight is 386 g/mol. The Morgan fingerprint density at radius 3 is 2.26 bits per heavy atom. The molecule has 146 valence electrons. The minimum absolute atomic E-state index is 0.512. The summed E-state index contributed by atoms with van der Waals surface area (Å²) in [6.07, 6.45) is 2.23. The maximum Gasteiger partial charge on any atom is 0.186 e. The molecule has 0 aliphatic carbocycles. The van der Waals surface area contributed by atoms with E-state index in [4.69, 9.17) is 15.1 Å². The van der Waals surface area contributed by atoms with Gasteiger partial charge < -0.3 is 4.90 Å². The summed E-state index contributed by atoms with van der Waals surface area (Å²) >= 11 is 1.75. The van der Waals surface area contributed by atoms with Gasteiger partial charge in [0.1, 0.15) is 5.69 Å². The first-order valence-corrected chi connectivity index (χ1v) is 10.9. The minimum Gasteiger partial charge on any atom is -0.349 e. The second-order valence-electron chi connectivity index (χ2n) is 7.12. The number of rotatable bonds is 7. The van der Waals surface area contributed by atoms with Crippen molar-refractivity contribution < 1.29 is 0 Å². The molecule has 6 heteroatoms. The zero-order valence-electron chi connectivity index (χ0n) is 17.6. The Balaban J connectivity index is 2.23. The molecule has 0 spiro atoms. The van der Waals surface area contributed by atoms with E-state index in [2.05, 4.69) is 63.9 Å².